The fourth-order valence-electron chi connectivity index (χ4n) is 1.82. The third-order valence-corrected chi connectivity index (χ3v) is 3.11. The van der Waals surface area contributed by atoms with Gasteiger partial charge >= 0.3 is 0 Å². The first-order chi connectivity index (χ1) is 8.58. The number of halogens is 1. The summed E-state index contributed by atoms with van der Waals surface area (Å²) < 4.78 is 0. The van der Waals surface area contributed by atoms with Gasteiger partial charge in [-0.15, -0.1) is 0 Å². The molecule has 96 valence electrons. The molecule has 0 spiro atoms. The normalized spacial score (nSPS) is 16.1. The van der Waals surface area contributed by atoms with Crippen LogP contribution in [0.5, 0.6) is 5.75 Å². The fraction of sp³-hybridized carbons (Fsp3) is 0.333. The van der Waals surface area contributed by atoms with Crippen molar-refractivity contribution in [1.82, 2.24) is 10.2 Å². The second-order valence-electron chi connectivity index (χ2n) is 4.06. The summed E-state index contributed by atoms with van der Waals surface area (Å²) in [5, 5.41) is 12.4. The molecule has 0 aromatic heterocycles. The van der Waals surface area contributed by atoms with Gasteiger partial charge in [-0.2, -0.15) is 0 Å². The third-order valence-electron chi connectivity index (χ3n) is 2.78. The number of hydrogen-bond donors (Lipinski definition) is 2. The standard InChI is InChI=1S/C12H13ClN2O3/c13-10-2-1-8(16)7-9(10)12(18)15-5-3-11(17)14-4-6-15/h1-2,7,16H,3-6H2,(H,14,17). The topological polar surface area (TPSA) is 69.6 Å². The molecule has 0 saturated carbocycles. The van der Waals surface area contributed by atoms with Crippen LogP contribution < -0.4 is 5.32 Å². The number of amides is 2. The molecule has 1 fully saturated rings. The highest BCUT2D eigenvalue weighted by Gasteiger charge is 2.21. The van der Waals surface area contributed by atoms with Crippen LogP contribution >= 0.6 is 11.6 Å². The van der Waals surface area contributed by atoms with Crippen molar-refractivity contribution in [2.75, 3.05) is 19.6 Å². The van der Waals surface area contributed by atoms with E-state index in [2.05, 4.69) is 5.32 Å². The quantitative estimate of drug-likeness (QED) is 0.799. The number of nitrogens with one attached hydrogen (secondary N) is 1. The third kappa shape index (κ3) is 2.73. The predicted molar refractivity (Wildman–Crippen MR) is 66.6 cm³/mol. The maximum Gasteiger partial charge on any atom is 0.255 e. The van der Waals surface area contributed by atoms with E-state index < -0.39 is 0 Å². The molecule has 2 N–H and O–H groups in total. The summed E-state index contributed by atoms with van der Waals surface area (Å²) in [6.45, 7) is 1.23. The van der Waals surface area contributed by atoms with E-state index in [0.717, 1.165) is 0 Å². The van der Waals surface area contributed by atoms with E-state index in [-0.39, 0.29) is 29.5 Å². The Morgan fingerprint density at radius 1 is 1.39 bits per heavy atom. The van der Waals surface area contributed by atoms with Crippen LogP contribution in [0.3, 0.4) is 0 Å². The van der Waals surface area contributed by atoms with Gasteiger partial charge < -0.3 is 15.3 Å². The highest BCUT2D eigenvalue weighted by Crippen LogP contribution is 2.22. The lowest BCUT2D eigenvalue weighted by molar-refractivity contribution is -0.120. The van der Waals surface area contributed by atoms with Crippen molar-refractivity contribution < 1.29 is 14.7 Å². The van der Waals surface area contributed by atoms with Gasteiger partial charge in [-0.1, -0.05) is 11.6 Å². The van der Waals surface area contributed by atoms with E-state index in [1.54, 1.807) is 4.90 Å². The summed E-state index contributed by atoms with van der Waals surface area (Å²) in [6.07, 6.45) is 0.280. The van der Waals surface area contributed by atoms with E-state index in [0.29, 0.717) is 24.7 Å². The van der Waals surface area contributed by atoms with Crippen LogP contribution in [0.4, 0.5) is 0 Å². The van der Waals surface area contributed by atoms with Gasteiger partial charge in [0, 0.05) is 26.1 Å². The second-order valence-corrected chi connectivity index (χ2v) is 4.46. The molecule has 18 heavy (non-hydrogen) atoms. The van der Waals surface area contributed by atoms with E-state index >= 15 is 0 Å². The Morgan fingerprint density at radius 3 is 2.94 bits per heavy atom. The van der Waals surface area contributed by atoms with Gasteiger partial charge in [0.05, 0.1) is 10.6 Å². The Labute approximate surface area is 109 Å². The number of benzene rings is 1. The van der Waals surface area contributed by atoms with Crippen molar-refractivity contribution >= 4 is 23.4 Å². The molecule has 0 radical (unpaired) electrons. The van der Waals surface area contributed by atoms with Gasteiger partial charge in [-0.25, -0.2) is 0 Å². The Kier molecular flexibility index (Phi) is 3.72. The van der Waals surface area contributed by atoms with Crippen LogP contribution in [0, 0.1) is 0 Å². The minimum Gasteiger partial charge on any atom is -0.508 e. The van der Waals surface area contributed by atoms with Gasteiger partial charge in [0.1, 0.15) is 5.75 Å². The molecule has 1 saturated heterocycles. The minimum atomic E-state index is -0.271. The van der Waals surface area contributed by atoms with Crippen LogP contribution in [-0.2, 0) is 4.79 Å². The SMILES string of the molecule is O=C1CCN(C(=O)c2cc(O)ccc2Cl)CCN1. The lowest BCUT2D eigenvalue weighted by Gasteiger charge is -2.20. The number of phenolic OH excluding ortho intramolecular Hbond substituents is 1. The highest BCUT2D eigenvalue weighted by molar-refractivity contribution is 6.33. The zero-order chi connectivity index (χ0) is 13.1. The molecule has 2 amide bonds. The fourth-order valence-corrected chi connectivity index (χ4v) is 2.02. The highest BCUT2D eigenvalue weighted by atomic mass is 35.5. The van der Waals surface area contributed by atoms with Crippen LogP contribution in [0.15, 0.2) is 18.2 Å². The van der Waals surface area contributed by atoms with Crippen molar-refractivity contribution in [3.63, 3.8) is 0 Å². The lowest BCUT2D eigenvalue weighted by atomic mass is 10.2. The molecule has 1 aliphatic rings. The number of carbonyl (C=O) groups excluding carboxylic acids is 2. The summed E-state index contributed by atoms with van der Waals surface area (Å²) in [7, 11) is 0. The number of nitrogens with zero attached hydrogens (tertiary/aromatic N) is 1. The average molecular weight is 269 g/mol. The molecule has 0 atom stereocenters. The average Bonchev–Trinajstić information content (AvgIpc) is 2.56. The second kappa shape index (κ2) is 5.27. The van der Waals surface area contributed by atoms with Gasteiger partial charge in [0.2, 0.25) is 5.91 Å². The van der Waals surface area contributed by atoms with Crippen LogP contribution in [-0.4, -0.2) is 41.5 Å². The molecule has 0 bridgehead atoms. The first kappa shape index (κ1) is 12.7. The maximum absolute atomic E-state index is 12.2. The molecule has 1 aromatic carbocycles. The Hall–Kier alpha value is -1.75. The lowest BCUT2D eigenvalue weighted by Crippen LogP contribution is -2.34. The molecule has 1 aromatic rings. The first-order valence-corrected chi connectivity index (χ1v) is 6.00. The molecule has 1 aliphatic heterocycles. The monoisotopic (exact) mass is 268 g/mol. The van der Waals surface area contributed by atoms with Gasteiger partial charge in [-0.05, 0) is 18.2 Å². The minimum absolute atomic E-state index is 0.00762. The Morgan fingerprint density at radius 2 is 2.17 bits per heavy atom. The van der Waals surface area contributed by atoms with Gasteiger partial charge in [0.25, 0.3) is 5.91 Å². The molecule has 0 aliphatic carbocycles. The van der Waals surface area contributed by atoms with Crippen molar-refractivity contribution in [2.24, 2.45) is 0 Å². The number of carbonyl (C=O) groups is 2. The maximum atomic E-state index is 12.2. The summed E-state index contributed by atoms with van der Waals surface area (Å²) in [6, 6.07) is 4.24. The molecule has 1 heterocycles. The first-order valence-electron chi connectivity index (χ1n) is 5.62. The number of phenols is 1. The van der Waals surface area contributed by atoms with Crippen LogP contribution in [0.2, 0.25) is 5.02 Å². The molecule has 5 nitrogen and oxygen atoms in total. The zero-order valence-electron chi connectivity index (χ0n) is 9.65. The van der Waals surface area contributed by atoms with Crippen LogP contribution in [0.25, 0.3) is 0 Å². The van der Waals surface area contributed by atoms with E-state index in [1.807, 2.05) is 0 Å². The van der Waals surface area contributed by atoms with Crippen molar-refractivity contribution in [2.45, 2.75) is 6.42 Å². The van der Waals surface area contributed by atoms with E-state index in [1.165, 1.54) is 18.2 Å². The van der Waals surface area contributed by atoms with E-state index in [4.69, 9.17) is 11.6 Å². The summed E-state index contributed by atoms with van der Waals surface area (Å²) in [4.78, 5) is 25.0. The predicted octanol–water partition coefficient (Wildman–Crippen LogP) is 1.01. The molecular weight excluding hydrogens is 256 g/mol. The number of aromatic hydroxyl groups is 1. The van der Waals surface area contributed by atoms with Crippen molar-refractivity contribution in [1.29, 1.82) is 0 Å². The summed E-state index contributed by atoms with van der Waals surface area (Å²) in [5.41, 5.74) is 0.256. The smallest absolute Gasteiger partial charge is 0.255 e. The van der Waals surface area contributed by atoms with Crippen LogP contribution in [0.1, 0.15) is 16.8 Å². The number of rotatable bonds is 1. The number of hydrogen-bond acceptors (Lipinski definition) is 3. The Bertz CT molecular complexity index is 490. The van der Waals surface area contributed by atoms with E-state index in [9.17, 15) is 14.7 Å². The largest absolute Gasteiger partial charge is 0.508 e. The Balaban J connectivity index is 2.19. The molecular formula is C12H13ClN2O3. The summed E-state index contributed by atoms with van der Waals surface area (Å²) >= 11 is 5.94. The zero-order valence-corrected chi connectivity index (χ0v) is 10.4. The molecule has 6 heteroatoms. The molecule has 0 unspecified atom stereocenters. The van der Waals surface area contributed by atoms with Gasteiger partial charge in [0.15, 0.2) is 0 Å². The van der Waals surface area contributed by atoms with Crippen molar-refractivity contribution in [3.05, 3.63) is 28.8 Å². The van der Waals surface area contributed by atoms with Crippen molar-refractivity contribution in [3.8, 4) is 5.75 Å². The molecule has 2 rings (SSSR count). The van der Waals surface area contributed by atoms with Gasteiger partial charge in [-0.3, -0.25) is 9.59 Å². The summed E-state index contributed by atoms with van der Waals surface area (Å²) in [5.74, 6) is -0.341.